The highest BCUT2D eigenvalue weighted by atomic mass is 32.2. The topological polar surface area (TPSA) is 96.0 Å². The van der Waals surface area contributed by atoms with Gasteiger partial charge in [0.2, 0.25) is 5.91 Å². The molecule has 1 fully saturated rings. The summed E-state index contributed by atoms with van der Waals surface area (Å²) in [6, 6.07) is 7.46. The first-order valence-electron chi connectivity index (χ1n) is 8.14. The molecule has 2 heterocycles. The minimum Gasteiger partial charge on any atom is -0.477 e. The van der Waals surface area contributed by atoms with Crippen molar-refractivity contribution in [1.82, 2.24) is 4.90 Å². The van der Waals surface area contributed by atoms with Gasteiger partial charge in [-0.3, -0.25) is 14.7 Å². The van der Waals surface area contributed by atoms with E-state index in [4.69, 9.17) is 5.73 Å². The Kier molecular flexibility index (Phi) is 6.36. The molecule has 2 unspecified atom stereocenters. The number of aliphatic carboxylic acids is 1. The maximum atomic E-state index is 12.0. The average Bonchev–Trinajstić information content (AvgIpc) is 2.66. The number of amides is 1. The summed E-state index contributed by atoms with van der Waals surface area (Å²) in [5.41, 5.74) is 8.05. The summed E-state index contributed by atoms with van der Waals surface area (Å²) < 4.78 is 0.690. The van der Waals surface area contributed by atoms with Crippen LogP contribution in [0.3, 0.4) is 0 Å². The number of carboxylic acid groups (broad SMARTS) is 1. The zero-order valence-corrected chi connectivity index (χ0v) is 17.1. The van der Waals surface area contributed by atoms with Crippen LogP contribution >= 0.6 is 35.3 Å². The molecule has 1 aromatic rings. The third kappa shape index (κ3) is 4.26. The highest BCUT2D eigenvalue weighted by Crippen LogP contribution is 2.44. The van der Waals surface area contributed by atoms with Gasteiger partial charge in [-0.25, -0.2) is 4.79 Å². The number of thioether (sulfide) groups is 3. The first-order valence-corrected chi connectivity index (χ1v) is 10.9. The van der Waals surface area contributed by atoms with Gasteiger partial charge in [-0.05, 0) is 17.9 Å². The van der Waals surface area contributed by atoms with Crippen LogP contribution in [0.25, 0.3) is 0 Å². The van der Waals surface area contributed by atoms with E-state index in [-0.39, 0.29) is 17.0 Å². The minimum atomic E-state index is -1.12. The Balaban J connectivity index is 1.82. The van der Waals surface area contributed by atoms with Crippen molar-refractivity contribution < 1.29 is 14.7 Å². The quantitative estimate of drug-likeness (QED) is 0.429. The van der Waals surface area contributed by atoms with E-state index in [1.54, 1.807) is 5.41 Å². The number of hydrogen-bond acceptors (Lipinski definition) is 7. The number of nitrogens with zero attached hydrogens (tertiary/aromatic N) is 2. The van der Waals surface area contributed by atoms with Crippen LogP contribution in [0.15, 0.2) is 51.8 Å². The molecule has 0 bridgehead atoms. The first-order chi connectivity index (χ1) is 12.9. The predicted molar refractivity (Wildman–Crippen MR) is 113 cm³/mol. The van der Waals surface area contributed by atoms with Crippen LogP contribution in [0.2, 0.25) is 0 Å². The van der Waals surface area contributed by atoms with Gasteiger partial charge in [-0.2, -0.15) is 0 Å². The molecule has 1 aromatic carbocycles. The second-order valence-corrected chi connectivity index (χ2v) is 9.37. The number of nitrogens with two attached hydrogens (primary N) is 1. The molecule has 6 nitrogen and oxygen atoms in total. The molecule has 0 aliphatic carbocycles. The van der Waals surface area contributed by atoms with Gasteiger partial charge in [0.05, 0.1) is 6.54 Å². The molecule has 0 spiro atoms. The Bertz CT molecular complexity index is 836. The van der Waals surface area contributed by atoms with Crippen LogP contribution < -0.4 is 5.73 Å². The van der Waals surface area contributed by atoms with Crippen LogP contribution in [0.5, 0.6) is 0 Å². The summed E-state index contributed by atoms with van der Waals surface area (Å²) in [7, 11) is 0. The lowest BCUT2D eigenvalue weighted by Crippen LogP contribution is -2.68. The summed E-state index contributed by atoms with van der Waals surface area (Å²) in [4.78, 5) is 30.3. The second-order valence-electron chi connectivity index (χ2n) is 5.97. The van der Waals surface area contributed by atoms with Crippen molar-refractivity contribution in [3.8, 4) is 0 Å². The smallest absolute Gasteiger partial charge is 0.353 e. The highest BCUT2D eigenvalue weighted by Gasteiger charge is 2.52. The van der Waals surface area contributed by atoms with E-state index in [1.807, 2.05) is 31.2 Å². The minimum absolute atomic E-state index is 0.0168. The Morgan fingerprint density at radius 3 is 2.81 bits per heavy atom. The van der Waals surface area contributed by atoms with E-state index in [0.717, 1.165) is 5.56 Å². The average molecular weight is 422 g/mol. The van der Waals surface area contributed by atoms with Crippen LogP contribution in [-0.4, -0.2) is 43.4 Å². The number of aliphatic imine (C=N–C) groups is 1. The molecule has 2 aliphatic heterocycles. The highest BCUT2D eigenvalue weighted by molar-refractivity contribution is 8.41. The van der Waals surface area contributed by atoms with Gasteiger partial charge in [0, 0.05) is 10.7 Å². The van der Waals surface area contributed by atoms with Gasteiger partial charge in [0.25, 0.3) is 0 Å². The molecule has 27 heavy (non-hydrogen) atoms. The number of carbonyl (C=O) groups is 2. The maximum absolute atomic E-state index is 12.0. The fourth-order valence-electron chi connectivity index (χ4n) is 2.69. The van der Waals surface area contributed by atoms with Crippen LogP contribution in [-0.2, 0) is 16.1 Å². The molecule has 142 valence electrons. The fraction of sp³-hybridized carbons (Fsp3) is 0.278. The number of fused-ring (bicyclic) bond motifs is 1. The summed E-state index contributed by atoms with van der Waals surface area (Å²) >= 11 is 4.10. The van der Waals surface area contributed by atoms with Gasteiger partial charge in [0.15, 0.2) is 0 Å². The van der Waals surface area contributed by atoms with Crippen molar-refractivity contribution in [3.05, 3.63) is 58.0 Å². The Hall–Kier alpha value is -1.68. The van der Waals surface area contributed by atoms with Gasteiger partial charge < -0.3 is 10.8 Å². The monoisotopic (exact) mass is 421 g/mol. The third-order valence-corrected chi connectivity index (χ3v) is 7.49. The standard InChI is InChI=1S/C18H19N3O3S3/c1-3-25-18(20-8-11-6-4-10(2)5-7-11)27-12-9-26-16-13(19)15(22)21(16)14(12)17(23)24/h3-7,13,16H,1,8-9,19H2,2H3,(H,23,24)/b20-18+. The first kappa shape index (κ1) is 20.1. The molecule has 9 heteroatoms. The second kappa shape index (κ2) is 8.55. The van der Waals surface area contributed by atoms with Crippen molar-refractivity contribution in [2.24, 2.45) is 10.7 Å². The largest absolute Gasteiger partial charge is 0.477 e. The molecule has 1 amide bonds. The Morgan fingerprint density at radius 2 is 2.19 bits per heavy atom. The van der Waals surface area contributed by atoms with Gasteiger partial charge in [-0.15, -0.1) is 11.8 Å². The summed E-state index contributed by atoms with van der Waals surface area (Å²) in [6.45, 7) is 6.24. The van der Waals surface area contributed by atoms with E-state index in [1.165, 1.54) is 45.7 Å². The van der Waals surface area contributed by atoms with Crippen LogP contribution in [0, 0.1) is 6.92 Å². The zero-order valence-electron chi connectivity index (χ0n) is 14.6. The number of rotatable bonds is 5. The molecule has 2 atom stereocenters. The number of benzene rings is 1. The molecule has 0 aromatic heterocycles. The normalized spacial score (nSPS) is 22.4. The summed E-state index contributed by atoms with van der Waals surface area (Å²) in [5.74, 6) is -0.989. The van der Waals surface area contributed by atoms with Crippen LogP contribution in [0.4, 0.5) is 0 Å². The maximum Gasteiger partial charge on any atom is 0.353 e. The SMILES string of the molecule is C=CS/C(=N\Cc1ccc(C)cc1)SC1=C(C(=O)O)N2C(=O)C(N)C2SC1. The third-order valence-electron chi connectivity index (χ3n) is 4.08. The molecule has 1 saturated heterocycles. The molecule has 3 rings (SSSR count). The number of hydrogen-bond donors (Lipinski definition) is 2. The summed E-state index contributed by atoms with van der Waals surface area (Å²) in [6.07, 6.45) is 0. The van der Waals surface area contributed by atoms with Crippen molar-refractivity contribution >= 4 is 51.5 Å². The van der Waals surface area contributed by atoms with Gasteiger partial charge in [-0.1, -0.05) is 59.9 Å². The van der Waals surface area contributed by atoms with E-state index < -0.39 is 12.0 Å². The Morgan fingerprint density at radius 1 is 1.48 bits per heavy atom. The van der Waals surface area contributed by atoms with E-state index in [2.05, 4.69) is 11.6 Å². The Labute approximate surface area is 170 Å². The van der Waals surface area contributed by atoms with Crippen molar-refractivity contribution in [2.45, 2.75) is 24.9 Å². The van der Waals surface area contributed by atoms with Crippen molar-refractivity contribution in [1.29, 1.82) is 0 Å². The molecular weight excluding hydrogens is 402 g/mol. The fourth-order valence-corrected chi connectivity index (χ4v) is 5.87. The predicted octanol–water partition coefficient (Wildman–Crippen LogP) is 3.00. The van der Waals surface area contributed by atoms with Gasteiger partial charge in [0.1, 0.15) is 21.5 Å². The lowest BCUT2D eigenvalue weighted by molar-refractivity contribution is -0.147. The zero-order chi connectivity index (χ0) is 19.6. The van der Waals surface area contributed by atoms with E-state index in [0.29, 0.717) is 21.6 Å². The summed E-state index contributed by atoms with van der Waals surface area (Å²) in [5, 5.41) is 11.0. The number of carboxylic acids is 1. The van der Waals surface area contributed by atoms with Crippen molar-refractivity contribution in [2.75, 3.05) is 5.75 Å². The lowest BCUT2D eigenvalue weighted by atomic mass is 10.1. The van der Waals surface area contributed by atoms with E-state index >= 15 is 0 Å². The molecule has 0 radical (unpaired) electrons. The lowest BCUT2D eigenvalue weighted by Gasteiger charge is -2.47. The molecule has 0 saturated carbocycles. The van der Waals surface area contributed by atoms with Crippen LogP contribution in [0.1, 0.15) is 11.1 Å². The number of aryl methyl sites for hydroxylation is 1. The van der Waals surface area contributed by atoms with Crippen molar-refractivity contribution in [3.63, 3.8) is 0 Å². The molecule has 3 N–H and O–H groups in total. The molecule has 2 aliphatic rings. The molecular formula is C18H19N3O3S3. The van der Waals surface area contributed by atoms with Gasteiger partial charge >= 0.3 is 5.97 Å². The number of carbonyl (C=O) groups excluding carboxylic acids is 1. The number of β-lactam (4-membered cyclic amide) rings is 1. The van der Waals surface area contributed by atoms with E-state index in [9.17, 15) is 14.7 Å².